The molecule has 0 spiro atoms. The molecule has 0 aliphatic carbocycles. The lowest BCUT2D eigenvalue weighted by Gasteiger charge is -2.40. The summed E-state index contributed by atoms with van der Waals surface area (Å²) in [6.07, 6.45) is -2.17. The van der Waals surface area contributed by atoms with Gasteiger partial charge < -0.3 is 20.2 Å². The molecule has 1 aliphatic rings. The van der Waals surface area contributed by atoms with Crippen molar-refractivity contribution in [1.29, 1.82) is 0 Å². The predicted octanol–water partition coefficient (Wildman–Crippen LogP) is 0.776. The van der Waals surface area contributed by atoms with Crippen LogP contribution < -0.4 is 0 Å². The number of carboxylic acid groups (broad SMARTS) is 1. The fraction of sp³-hybridized carbons (Fsp3) is 0.455. The van der Waals surface area contributed by atoms with Crippen LogP contribution in [0.3, 0.4) is 0 Å². The van der Waals surface area contributed by atoms with Crippen LogP contribution in [0.2, 0.25) is 0 Å². The minimum Gasteiger partial charge on any atom is -0.465 e. The van der Waals surface area contributed by atoms with Gasteiger partial charge in [-0.1, -0.05) is 6.07 Å². The van der Waals surface area contributed by atoms with Crippen LogP contribution in [-0.2, 0) is 5.60 Å². The molecule has 2 rings (SSSR count). The fourth-order valence-electron chi connectivity index (χ4n) is 2.04. The monoisotopic (exact) mass is 316 g/mol. The van der Waals surface area contributed by atoms with Crippen molar-refractivity contribution in [3.8, 4) is 0 Å². The first-order valence-corrected chi connectivity index (χ1v) is 6.24. The van der Waals surface area contributed by atoms with E-state index in [1.807, 2.05) is 0 Å². The molecule has 0 radical (unpaired) electrons. The van der Waals surface area contributed by atoms with Crippen molar-refractivity contribution >= 4 is 22.0 Å². The van der Waals surface area contributed by atoms with E-state index in [9.17, 15) is 15.0 Å². The van der Waals surface area contributed by atoms with E-state index in [2.05, 4.69) is 20.9 Å². The smallest absolute Gasteiger partial charge is 0.407 e. The van der Waals surface area contributed by atoms with Crippen molar-refractivity contribution in [3.63, 3.8) is 0 Å². The lowest BCUT2D eigenvalue weighted by atomic mass is 9.85. The van der Waals surface area contributed by atoms with Crippen LogP contribution in [0.1, 0.15) is 12.1 Å². The number of likely N-dealkylation sites (tertiary alicyclic amines) is 1. The molecule has 18 heavy (non-hydrogen) atoms. The van der Waals surface area contributed by atoms with Crippen LogP contribution >= 0.6 is 15.9 Å². The highest BCUT2D eigenvalue weighted by atomic mass is 79.9. The van der Waals surface area contributed by atoms with Gasteiger partial charge in [0.1, 0.15) is 16.3 Å². The third kappa shape index (κ3) is 2.33. The predicted molar refractivity (Wildman–Crippen MR) is 66.1 cm³/mol. The van der Waals surface area contributed by atoms with E-state index in [0.29, 0.717) is 10.3 Å². The Morgan fingerprint density at radius 2 is 2.28 bits per heavy atom. The molecule has 7 heteroatoms. The van der Waals surface area contributed by atoms with E-state index in [-0.39, 0.29) is 19.5 Å². The Morgan fingerprint density at radius 3 is 2.83 bits per heavy atom. The molecule has 1 fully saturated rings. The number of nitrogens with zero attached hydrogens (tertiary/aromatic N) is 2. The molecule has 6 nitrogen and oxygen atoms in total. The molecule has 98 valence electrons. The molecule has 0 aromatic carbocycles. The third-order valence-electron chi connectivity index (χ3n) is 3.14. The zero-order chi connectivity index (χ0) is 13.3. The van der Waals surface area contributed by atoms with Crippen molar-refractivity contribution in [1.82, 2.24) is 9.88 Å². The quantitative estimate of drug-likeness (QED) is 0.666. The van der Waals surface area contributed by atoms with Crippen LogP contribution in [0.15, 0.2) is 22.8 Å². The normalized spacial score (nSPS) is 28.2. The van der Waals surface area contributed by atoms with Crippen molar-refractivity contribution < 1.29 is 20.1 Å². The SMILES string of the molecule is O=C(O)N1CC[C@@](O)(c2cccc(Br)n2)[C@H](O)C1. The number of aliphatic hydroxyl groups is 2. The summed E-state index contributed by atoms with van der Waals surface area (Å²) in [6, 6.07) is 5.04. The number of amides is 1. The summed E-state index contributed by atoms with van der Waals surface area (Å²) in [7, 11) is 0. The van der Waals surface area contributed by atoms with Crippen LogP contribution in [-0.4, -0.2) is 50.5 Å². The topological polar surface area (TPSA) is 93.9 Å². The highest BCUT2D eigenvalue weighted by Gasteiger charge is 2.44. The molecule has 3 N–H and O–H groups in total. The van der Waals surface area contributed by atoms with Crippen LogP contribution in [0.5, 0.6) is 0 Å². The average molecular weight is 317 g/mol. The number of β-amino-alcohol motifs (C(OH)–C–C–N with tert-alkyl or cyclic N) is 1. The number of hydrogen-bond donors (Lipinski definition) is 3. The first-order chi connectivity index (χ1) is 8.43. The number of aromatic nitrogens is 1. The Morgan fingerprint density at radius 1 is 1.56 bits per heavy atom. The van der Waals surface area contributed by atoms with Gasteiger partial charge in [0, 0.05) is 13.0 Å². The summed E-state index contributed by atoms with van der Waals surface area (Å²) in [4.78, 5) is 16.0. The van der Waals surface area contributed by atoms with E-state index in [0.717, 1.165) is 4.90 Å². The minimum absolute atomic E-state index is 0.115. The van der Waals surface area contributed by atoms with Crippen molar-refractivity contribution in [2.24, 2.45) is 0 Å². The van der Waals surface area contributed by atoms with Gasteiger partial charge in [0.15, 0.2) is 0 Å². The van der Waals surface area contributed by atoms with Crippen LogP contribution in [0.25, 0.3) is 0 Å². The van der Waals surface area contributed by atoms with Gasteiger partial charge in [-0.3, -0.25) is 0 Å². The standard InChI is InChI=1S/C11H13BrN2O4/c12-9-3-1-2-7(13-9)11(18)4-5-14(10(16)17)6-8(11)15/h1-3,8,15,18H,4-6H2,(H,16,17)/t8-,11-/m1/s1. The molecule has 2 heterocycles. The lowest BCUT2D eigenvalue weighted by molar-refractivity contribution is -0.122. The van der Waals surface area contributed by atoms with E-state index in [4.69, 9.17) is 5.11 Å². The number of pyridine rings is 1. The maximum Gasteiger partial charge on any atom is 0.407 e. The molecule has 1 aliphatic heterocycles. The molecule has 1 amide bonds. The van der Waals surface area contributed by atoms with Gasteiger partial charge in [-0.05, 0) is 28.1 Å². The maximum absolute atomic E-state index is 10.8. The molecule has 0 unspecified atom stereocenters. The molecule has 1 aromatic heterocycles. The van der Waals surface area contributed by atoms with Crippen LogP contribution in [0, 0.1) is 0 Å². The van der Waals surface area contributed by atoms with Crippen LogP contribution in [0.4, 0.5) is 4.79 Å². The number of carbonyl (C=O) groups is 1. The number of halogens is 1. The summed E-state index contributed by atoms with van der Waals surface area (Å²) in [5, 5.41) is 29.3. The highest BCUT2D eigenvalue weighted by molar-refractivity contribution is 9.10. The first kappa shape index (κ1) is 13.3. The lowest BCUT2D eigenvalue weighted by Crippen LogP contribution is -2.55. The molecule has 1 saturated heterocycles. The molecule has 0 bridgehead atoms. The van der Waals surface area contributed by atoms with Gasteiger partial charge in [-0.2, -0.15) is 0 Å². The summed E-state index contributed by atoms with van der Waals surface area (Å²) < 4.78 is 0.557. The molecule has 1 aromatic rings. The Balaban J connectivity index is 2.25. The van der Waals surface area contributed by atoms with E-state index < -0.39 is 17.8 Å². The fourth-order valence-corrected chi connectivity index (χ4v) is 2.39. The third-order valence-corrected chi connectivity index (χ3v) is 3.58. The van der Waals surface area contributed by atoms with Crippen molar-refractivity contribution in [2.45, 2.75) is 18.1 Å². The van der Waals surface area contributed by atoms with Crippen molar-refractivity contribution in [3.05, 3.63) is 28.5 Å². The van der Waals surface area contributed by atoms with Gasteiger partial charge >= 0.3 is 6.09 Å². The Hall–Kier alpha value is -1.18. The first-order valence-electron chi connectivity index (χ1n) is 5.45. The van der Waals surface area contributed by atoms with Gasteiger partial charge in [-0.25, -0.2) is 9.78 Å². The molecular formula is C11H13BrN2O4. The Bertz CT molecular complexity index is 470. The van der Waals surface area contributed by atoms with E-state index in [1.165, 1.54) is 0 Å². The van der Waals surface area contributed by atoms with Gasteiger partial charge in [0.2, 0.25) is 0 Å². The number of piperidine rings is 1. The zero-order valence-electron chi connectivity index (χ0n) is 9.45. The second-order valence-corrected chi connectivity index (χ2v) is 5.08. The summed E-state index contributed by atoms with van der Waals surface area (Å²) in [5.41, 5.74) is -1.16. The second kappa shape index (κ2) is 4.83. The van der Waals surface area contributed by atoms with Gasteiger partial charge in [0.25, 0.3) is 0 Å². The molecular weight excluding hydrogens is 304 g/mol. The zero-order valence-corrected chi connectivity index (χ0v) is 11.0. The van der Waals surface area contributed by atoms with E-state index in [1.54, 1.807) is 18.2 Å². The maximum atomic E-state index is 10.8. The summed E-state index contributed by atoms with van der Waals surface area (Å²) >= 11 is 3.20. The van der Waals surface area contributed by atoms with Gasteiger partial charge in [-0.15, -0.1) is 0 Å². The van der Waals surface area contributed by atoms with E-state index >= 15 is 0 Å². The number of rotatable bonds is 1. The highest BCUT2D eigenvalue weighted by Crippen LogP contribution is 2.32. The molecule has 2 atom stereocenters. The average Bonchev–Trinajstić information content (AvgIpc) is 2.32. The number of aliphatic hydroxyl groups excluding tert-OH is 1. The van der Waals surface area contributed by atoms with Crippen molar-refractivity contribution in [2.75, 3.05) is 13.1 Å². The minimum atomic E-state index is -1.50. The summed E-state index contributed by atoms with van der Waals surface area (Å²) in [5.74, 6) is 0. The number of hydrogen-bond acceptors (Lipinski definition) is 4. The largest absolute Gasteiger partial charge is 0.465 e. The Kier molecular flexibility index (Phi) is 3.56. The van der Waals surface area contributed by atoms with Gasteiger partial charge in [0.05, 0.1) is 12.2 Å². The second-order valence-electron chi connectivity index (χ2n) is 4.26. The molecule has 0 saturated carbocycles. The summed E-state index contributed by atoms with van der Waals surface area (Å²) in [6.45, 7) is 0.0388. The Labute approximate surface area is 112 Å².